The third-order valence-corrected chi connectivity index (χ3v) is 3.74. The minimum atomic E-state index is -4.63. The number of rotatable bonds is 9. The predicted molar refractivity (Wildman–Crippen MR) is 58.8 cm³/mol. The Bertz CT molecular complexity index is 298. The summed E-state index contributed by atoms with van der Waals surface area (Å²) < 4.78 is 80.2. The van der Waals surface area contributed by atoms with E-state index in [1.165, 1.54) is 6.08 Å². The van der Waals surface area contributed by atoms with Crippen molar-refractivity contribution in [2.45, 2.75) is 30.7 Å². The molecule has 0 bridgehead atoms. The molecular formula is C9H13F6NO3Si. The van der Waals surface area contributed by atoms with E-state index in [-0.39, 0.29) is 6.54 Å². The molecule has 0 spiro atoms. The van der Waals surface area contributed by atoms with Gasteiger partial charge in [-0.2, -0.15) is 26.3 Å². The van der Waals surface area contributed by atoms with Crippen LogP contribution in [0.2, 0.25) is 6.04 Å². The van der Waals surface area contributed by atoms with E-state index in [9.17, 15) is 31.1 Å². The summed E-state index contributed by atoms with van der Waals surface area (Å²) >= 11 is 0. The second-order valence-electron chi connectivity index (χ2n) is 3.75. The standard InChI is InChI=1S/C9H13F6NO3Si/c10-8(11,12)4-18-7(19-5-9(13,14)15)20-3-1-2-16-6-17/h7H,1-5,20H2. The van der Waals surface area contributed by atoms with Crippen LogP contribution in [0.1, 0.15) is 6.42 Å². The van der Waals surface area contributed by atoms with E-state index in [4.69, 9.17) is 0 Å². The SMILES string of the molecule is O=C=NCCC[SiH2]C(OCC(F)(F)F)OCC(F)(F)F. The molecule has 0 radical (unpaired) electrons. The Morgan fingerprint density at radius 1 is 1.05 bits per heavy atom. The van der Waals surface area contributed by atoms with Crippen molar-refractivity contribution in [3.05, 3.63) is 0 Å². The van der Waals surface area contributed by atoms with Crippen molar-refractivity contribution in [2.75, 3.05) is 19.8 Å². The molecule has 0 aromatic rings. The average molecular weight is 325 g/mol. The Balaban J connectivity index is 4.13. The van der Waals surface area contributed by atoms with Crippen LogP contribution in [0.25, 0.3) is 0 Å². The number of hydrogen-bond donors (Lipinski definition) is 0. The molecule has 0 aliphatic carbocycles. The van der Waals surface area contributed by atoms with Crippen molar-refractivity contribution in [3.8, 4) is 0 Å². The number of alkyl halides is 6. The molecule has 20 heavy (non-hydrogen) atoms. The number of nitrogens with zero attached hydrogens (tertiary/aromatic N) is 1. The summed E-state index contributed by atoms with van der Waals surface area (Å²) in [6, 6.07) is 0.339. The summed E-state index contributed by atoms with van der Waals surface area (Å²) in [5, 5.41) is 0. The van der Waals surface area contributed by atoms with Crippen molar-refractivity contribution < 1.29 is 40.6 Å². The van der Waals surface area contributed by atoms with Crippen molar-refractivity contribution in [2.24, 2.45) is 4.99 Å². The van der Waals surface area contributed by atoms with Crippen LogP contribution < -0.4 is 0 Å². The molecule has 11 heteroatoms. The monoisotopic (exact) mass is 325 g/mol. The molecule has 0 amide bonds. The molecule has 0 rings (SSSR count). The van der Waals surface area contributed by atoms with Crippen molar-refractivity contribution in [3.63, 3.8) is 0 Å². The predicted octanol–water partition coefficient (Wildman–Crippen LogP) is 1.74. The Labute approximate surface area is 113 Å². The Morgan fingerprint density at radius 3 is 1.95 bits per heavy atom. The van der Waals surface area contributed by atoms with Gasteiger partial charge in [0.1, 0.15) is 19.1 Å². The molecule has 0 atom stereocenters. The van der Waals surface area contributed by atoms with Gasteiger partial charge in [0.05, 0.1) is 16.1 Å². The van der Waals surface area contributed by atoms with E-state index in [0.29, 0.717) is 12.5 Å². The van der Waals surface area contributed by atoms with Crippen LogP contribution in [0, 0.1) is 0 Å². The van der Waals surface area contributed by atoms with Crippen LogP contribution >= 0.6 is 0 Å². The first kappa shape index (κ1) is 19.1. The maximum atomic E-state index is 11.9. The number of aliphatic imine (C=N–C) groups is 1. The maximum absolute atomic E-state index is 11.9. The van der Waals surface area contributed by atoms with Gasteiger partial charge in [-0.3, -0.25) is 0 Å². The van der Waals surface area contributed by atoms with E-state index in [2.05, 4.69) is 14.5 Å². The van der Waals surface area contributed by atoms with Crippen molar-refractivity contribution in [1.29, 1.82) is 0 Å². The number of hydrogen-bond acceptors (Lipinski definition) is 4. The highest BCUT2D eigenvalue weighted by molar-refractivity contribution is 6.36. The van der Waals surface area contributed by atoms with Gasteiger partial charge in [0.25, 0.3) is 0 Å². The van der Waals surface area contributed by atoms with Gasteiger partial charge >= 0.3 is 12.4 Å². The molecule has 0 fully saturated rings. The van der Waals surface area contributed by atoms with E-state index >= 15 is 0 Å². The second-order valence-corrected chi connectivity index (χ2v) is 5.70. The first-order valence-electron chi connectivity index (χ1n) is 5.54. The highest BCUT2D eigenvalue weighted by Crippen LogP contribution is 2.19. The molecule has 0 N–H and O–H groups in total. The summed E-state index contributed by atoms with van der Waals surface area (Å²) in [5.74, 6) is -1.47. The lowest BCUT2D eigenvalue weighted by Gasteiger charge is -2.20. The zero-order valence-corrected chi connectivity index (χ0v) is 11.7. The summed E-state index contributed by atoms with van der Waals surface area (Å²) in [6.45, 7) is -3.19. The van der Waals surface area contributed by atoms with Gasteiger partial charge < -0.3 is 9.47 Å². The molecule has 0 unspecified atom stereocenters. The summed E-state index contributed by atoms with van der Waals surface area (Å²) in [5.41, 5.74) is 0. The molecular weight excluding hydrogens is 312 g/mol. The first-order chi connectivity index (χ1) is 9.14. The molecule has 0 heterocycles. The van der Waals surface area contributed by atoms with Gasteiger partial charge in [0.15, 0.2) is 0 Å². The van der Waals surface area contributed by atoms with Crippen LogP contribution in [-0.4, -0.2) is 53.6 Å². The fourth-order valence-electron chi connectivity index (χ4n) is 1.14. The average Bonchev–Trinajstić information content (AvgIpc) is 2.29. The van der Waals surface area contributed by atoms with E-state index in [0.717, 1.165) is 0 Å². The molecule has 118 valence electrons. The largest absolute Gasteiger partial charge is 0.411 e. The highest BCUT2D eigenvalue weighted by atomic mass is 28.2. The fourth-order valence-corrected chi connectivity index (χ4v) is 2.55. The fraction of sp³-hybridized carbons (Fsp3) is 0.889. The van der Waals surface area contributed by atoms with Crippen LogP contribution in [-0.2, 0) is 14.3 Å². The third kappa shape index (κ3) is 13.5. The number of isocyanates is 1. The molecule has 0 aromatic heterocycles. The van der Waals surface area contributed by atoms with Gasteiger partial charge in [0.2, 0.25) is 6.08 Å². The van der Waals surface area contributed by atoms with Gasteiger partial charge in [-0.25, -0.2) is 9.79 Å². The minimum absolute atomic E-state index is 0.127. The normalized spacial score (nSPS) is 13.2. The number of carbonyl (C=O) groups excluding carboxylic acids is 1. The molecule has 0 aliphatic heterocycles. The molecule has 0 aliphatic rings. The topological polar surface area (TPSA) is 47.9 Å². The Morgan fingerprint density at radius 2 is 1.55 bits per heavy atom. The number of halogens is 6. The lowest BCUT2D eigenvalue weighted by Crippen LogP contribution is -2.33. The van der Waals surface area contributed by atoms with Crippen molar-refractivity contribution in [1.82, 2.24) is 0 Å². The van der Waals surface area contributed by atoms with Gasteiger partial charge in [-0.15, -0.1) is 0 Å². The lowest BCUT2D eigenvalue weighted by molar-refractivity contribution is -0.238. The van der Waals surface area contributed by atoms with Gasteiger partial charge in [0, 0.05) is 0 Å². The molecule has 0 aromatic carbocycles. The third-order valence-electron chi connectivity index (χ3n) is 1.89. The Kier molecular flexibility index (Phi) is 8.70. The van der Waals surface area contributed by atoms with Crippen molar-refractivity contribution >= 4 is 15.6 Å². The van der Waals surface area contributed by atoms with Gasteiger partial charge in [-0.05, 0) is 6.42 Å². The van der Waals surface area contributed by atoms with Crippen LogP contribution in [0.15, 0.2) is 4.99 Å². The summed E-state index contributed by atoms with van der Waals surface area (Å²) in [6.07, 6.45) is -7.62. The smallest absolute Gasteiger partial charge is 0.348 e. The maximum Gasteiger partial charge on any atom is 0.411 e. The lowest BCUT2D eigenvalue weighted by atomic mass is 10.5. The van der Waals surface area contributed by atoms with Crippen LogP contribution in [0.4, 0.5) is 26.3 Å². The second kappa shape index (κ2) is 9.11. The summed E-state index contributed by atoms with van der Waals surface area (Å²) in [7, 11) is -1.47. The van der Waals surface area contributed by atoms with Crippen LogP contribution in [0.3, 0.4) is 0 Å². The molecule has 4 nitrogen and oxygen atoms in total. The zero-order chi connectivity index (χ0) is 15.6. The zero-order valence-electron chi connectivity index (χ0n) is 10.3. The van der Waals surface area contributed by atoms with Gasteiger partial charge in [-0.1, -0.05) is 6.04 Å². The molecule has 0 saturated heterocycles. The highest BCUT2D eigenvalue weighted by Gasteiger charge is 2.32. The minimum Gasteiger partial charge on any atom is -0.348 e. The number of ether oxygens (including phenoxy) is 2. The Hall–Kier alpha value is -0.903. The van der Waals surface area contributed by atoms with E-state index < -0.39 is 41.0 Å². The van der Waals surface area contributed by atoms with E-state index in [1.807, 2.05) is 0 Å². The summed E-state index contributed by atoms with van der Waals surface area (Å²) in [4.78, 5) is 13.0. The molecule has 0 saturated carbocycles. The quantitative estimate of drug-likeness (QED) is 0.162. The van der Waals surface area contributed by atoms with Crippen LogP contribution in [0.5, 0.6) is 0 Å². The first-order valence-corrected chi connectivity index (χ1v) is 7.36. The van der Waals surface area contributed by atoms with E-state index in [1.54, 1.807) is 0 Å².